The number of benzene rings is 1. The van der Waals surface area contributed by atoms with Gasteiger partial charge in [0.25, 0.3) is 5.91 Å². The van der Waals surface area contributed by atoms with Crippen LogP contribution in [0.25, 0.3) is 21.8 Å². The predicted octanol–water partition coefficient (Wildman–Crippen LogP) is 3.83. The van der Waals surface area contributed by atoms with Crippen molar-refractivity contribution in [1.29, 1.82) is 0 Å². The van der Waals surface area contributed by atoms with E-state index >= 15 is 0 Å². The Balaban J connectivity index is 1.79. The van der Waals surface area contributed by atoms with E-state index in [1.807, 2.05) is 45.2 Å². The number of nitrogen functional groups attached to an aromatic ring is 1. The largest absolute Gasteiger partial charge is 0.383 e. The van der Waals surface area contributed by atoms with Gasteiger partial charge >= 0.3 is 0 Å². The molecule has 0 saturated heterocycles. The summed E-state index contributed by atoms with van der Waals surface area (Å²) in [6, 6.07) is 7.66. The van der Waals surface area contributed by atoms with Crippen LogP contribution in [0.5, 0.6) is 0 Å². The molecule has 0 fully saturated rings. The van der Waals surface area contributed by atoms with E-state index in [2.05, 4.69) is 31.0 Å². The zero-order chi connectivity index (χ0) is 20.7. The Morgan fingerprint density at radius 1 is 1.24 bits per heavy atom. The SMILES string of the molecule is CCN(Cc1ccc(Br)cn1)C(=O)c1cc2c(cc1C)nc(N)c1cnn(C)c12. The van der Waals surface area contributed by atoms with Crippen molar-refractivity contribution in [3.05, 3.63) is 58.0 Å². The van der Waals surface area contributed by atoms with Crippen LogP contribution in [0.1, 0.15) is 28.5 Å². The highest BCUT2D eigenvalue weighted by Gasteiger charge is 2.20. The van der Waals surface area contributed by atoms with Gasteiger partial charge in [-0.25, -0.2) is 4.98 Å². The first-order valence-corrected chi connectivity index (χ1v) is 10.1. The molecule has 0 aliphatic heterocycles. The maximum absolute atomic E-state index is 13.4. The number of amides is 1. The molecule has 0 aliphatic carbocycles. The molecule has 3 aromatic heterocycles. The lowest BCUT2D eigenvalue weighted by molar-refractivity contribution is 0.0750. The zero-order valence-electron chi connectivity index (χ0n) is 16.5. The van der Waals surface area contributed by atoms with Gasteiger partial charge in [0.1, 0.15) is 5.82 Å². The maximum atomic E-state index is 13.4. The minimum Gasteiger partial charge on any atom is -0.383 e. The topological polar surface area (TPSA) is 89.9 Å². The van der Waals surface area contributed by atoms with E-state index in [9.17, 15) is 4.79 Å². The van der Waals surface area contributed by atoms with Gasteiger partial charge in [0.2, 0.25) is 0 Å². The average Bonchev–Trinajstić information content (AvgIpc) is 3.09. The molecule has 1 aromatic carbocycles. The number of halogens is 1. The summed E-state index contributed by atoms with van der Waals surface area (Å²) in [7, 11) is 1.86. The van der Waals surface area contributed by atoms with Gasteiger partial charge in [-0.3, -0.25) is 14.5 Å². The van der Waals surface area contributed by atoms with Crippen molar-refractivity contribution in [2.75, 3.05) is 12.3 Å². The fourth-order valence-electron chi connectivity index (χ4n) is 3.53. The number of fused-ring (bicyclic) bond motifs is 3. The number of rotatable bonds is 4. The number of aromatic nitrogens is 4. The van der Waals surface area contributed by atoms with Crippen molar-refractivity contribution in [3.8, 4) is 0 Å². The molecular weight excluding hydrogens is 432 g/mol. The number of nitrogens with two attached hydrogens (primary N) is 1. The lowest BCUT2D eigenvalue weighted by Crippen LogP contribution is -2.31. The number of hydrogen-bond donors (Lipinski definition) is 1. The van der Waals surface area contributed by atoms with Crippen molar-refractivity contribution in [2.24, 2.45) is 7.05 Å². The van der Waals surface area contributed by atoms with Gasteiger partial charge in [0, 0.05) is 35.2 Å². The van der Waals surface area contributed by atoms with Gasteiger partial charge in [-0.2, -0.15) is 5.10 Å². The smallest absolute Gasteiger partial charge is 0.254 e. The fraction of sp³-hybridized carbons (Fsp3) is 0.238. The molecule has 1 amide bonds. The predicted molar refractivity (Wildman–Crippen MR) is 118 cm³/mol. The summed E-state index contributed by atoms with van der Waals surface area (Å²) in [5, 5.41) is 5.95. The number of anilines is 1. The molecule has 8 heteroatoms. The van der Waals surface area contributed by atoms with Crippen LogP contribution in [0.3, 0.4) is 0 Å². The Morgan fingerprint density at radius 3 is 2.72 bits per heavy atom. The lowest BCUT2D eigenvalue weighted by Gasteiger charge is -2.22. The van der Waals surface area contributed by atoms with Gasteiger partial charge in [-0.05, 0) is 59.6 Å². The second-order valence-corrected chi connectivity index (χ2v) is 7.91. The molecule has 3 heterocycles. The quantitative estimate of drug-likeness (QED) is 0.507. The molecule has 7 nitrogen and oxygen atoms in total. The molecule has 4 rings (SSSR count). The summed E-state index contributed by atoms with van der Waals surface area (Å²) in [6.07, 6.45) is 3.44. The van der Waals surface area contributed by atoms with E-state index in [0.717, 1.165) is 37.5 Å². The van der Waals surface area contributed by atoms with Crippen LogP contribution in [0, 0.1) is 6.92 Å². The first-order valence-electron chi connectivity index (χ1n) is 9.30. The van der Waals surface area contributed by atoms with Crippen molar-refractivity contribution in [3.63, 3.8) is 0 Å². The third-order valence-corrected chi connectivity index (χ3v) is 5.56. The van der Waals surface area contributed by atoms with E-state index in [0.29, 0.717) is 24.5 Å². The highest BCUT2D eigenvalue weighted by atomic mass is 79.9. The molecule has 0 bridgehead atoms. The van der Waals surface area contributed by atoms with E-state index in [1.165, 1.54) is 0 Å². The summed E-state index contributed by atoms with van der Waals surface area (Å²) in [4.78, 5) is 24.0. The second-order valence-electron chi connectivity index (χ2n) is 7.00. The van der Waals surface area contributed by atoms with Crippen molar-refractivity contribution < 1.29 is 4.79 Å². The summed E-state index contributed by atoms with van der Waals surface area (Å²) >= 11 is 3.39. The number of nitrogens with zero attached hydrogens (tertiary/aromatic N) is 5. The number of carbonyl (C=O) groups is 1. The number of hydrogen-bond acceptors (Lipinski definition) is 5. The third-order valence-electron chi connectivity index (χ3n) is 5.09. The molecule has 2 N–H and O–H groups in total. The van der Waals surface area contributed by atoms with Crippen LogP contribution in [0.2, 0.25) is 0 Å². The standard InChI is InChI=1S/C21H21BrN6O/c1-4-28(11-14-6-5-13(22)9-24-14)21(29)15-8-16-18(7-12(15)2)26-20(23)17-10-25-27(3)19(16)17/h5-10H,4,11H2,1-3H3,(H2,23,26). The van der Waals surface area contributed by atoms with Crippen LogP contribution in [0.4, 0.5) is 5.82 Å². The molecule has 0 aliphatic rings. The van der Waals surface area contributed by atoms with E-state index in [4.69, 9.17) is 5.73 Å². The Labute approximate surface area is 176 Å². The molecule has 148 valence electrons. The Bertz CT molecular complexity index is 1230. The Kier molecular flexibility index (Phi) is 4.96. The molecule has 0 unspecified atom stereocenters. The molecule has 0 spiro atoms. The first kappa shape index (κ1) is 19.3. The van der Waals surface area contributed by atoms with Gasteiger partial charge in [-0.15, -0.1) is 0 Å². The minimum absolute atomic E-state index is 0.0382. The number of pyridine rings is 2. The molecule has 0 radical (unpaired) electrons. The average molecular weight is 453 g/mol. The molecule has 0 atom stereocenters. The van der Waals surface area contributed by atoms with Crippen molar-refractivity contribution in [2.45, 2.75) is 20.4 Å². The number of aryl methyl sites for hydroxylation is 2. The Hall–Kier alpha value is -3.00. The van der Waals surface area contributed by atoms with Gasteiger partial charge in [-0.1, -0.05) is 0 Å². The molecular formula is C21H21BrN6O. The van der Waals surface area contributed by atoms with Crippen LogP contribution < -0.4 is 5.73 Å². The van der Waals surface area contributed by atoms with Crippen LogP contribution in [0.15, 0.2) is 41.1 Å². The lowest BCUT2D eigenvalue weighted by atomic mass is 10.0. The first-order chi connectivity index (χ1) is 13.9. The summed E-state index contributed by atoms with van der Waals surface area (Å²) in [5.41, 5.74) is 10.1. The monoisotopic (exact) mass is 452 g/mol. The van der Waals surface area contributed by atoms with E-state index < -0.39 is 0 Å². The Morgan fingerprint density at radius 2 is 2.03 bits per heavy atom. The molecule has 0 saturated carbocycles. The summed E-state index contributed by atoms with van der Waals surface area (Å²) in [5.74, 6) is 0.402. The fourth-order valence-corrected chi connectivity index (χ4v) is 3.77. The number of carbonyl (C=O) groups excluding carboxylic acids is 1. The highest BCUT2D eigenvalue weighted by Crippen LogP contribution is 2.30. The maximum Gasteiger partial charge on any atom is 0.254 e. The van der Waals surface area contributed by atoms with Gasteiger partial charge in [0.05, 0.1) is 34.9 Å². The highest BCUT2D eigenvalue weighted by molar-refractivity contribution is 9.10. The molecule has 29 heavy (non-hydrogen) atoms. The summed E-state index contributed by atoms with van der Waals surface area (Å²) < 4.78 is 2.68. The summed E-state index contributed by atoms with van der Waals surface area (Å²) in [6.45, 7) is 4.91. The second kappa shape index (κ2) is 7.44. The van der Waals surface area contributed by atoms with Gasteiger partial charge in [0.15, 0.2) is 0 Å². The van der Waals surface area contributed by atoms with Crippen molar-refractivity contribution >= 4 is 49.5 Å². The van der Waals surface area contributed by atoms with Gasteiger partial charge < -0.3 is 10.6 Å². The normalized spacial score (nSPS) is 11.3. The van der Waals surface area contributed by atoms with Crippen LogP contribution in [-0.4, -0.2) is 37.1 Å². The zero-order valence-corrected chi connectivity index (χ0v) is 18.1. The van der Waals surface area contributed by atoms with E-state index in [1.54, 1.807) is 22.0 Å². The van der Waals surface area contributed by atoms with Crippen molar-refractivity contribution in [1.82, 2.24) is 24.6 Å². The molecule has 4 aromatic rings. The van der Waals surface area contributed by atoms with Crippen LogP contribution in [-0.2, 0) is 13.6 Å². The minimum atomic E-state index is -0.0382. The van der Waals surface area contributed by atoms with Crippen LogP contribution >= 0.6 is 15.9 Å². The third kappa shape index (κ3) is 3.44. The van der Waals surface area contributed by atoms with E-state index in [-0.39, 0.29) is 5.91 Å².